The first kappa shape index (κ1) is 23.4. The van der Waals surface area contributed by atoms with Crippen LogP contribution < -0.4 is 0 Å². The molecule has 0 aliphatic heterocycles. The van der Waals surface area contributed by atoms with Crippen LogP contribution in [0.4, 0.5) is 0 Å². The molecule has 0 aliphatic carbocycles. The van der Waals surface area contributed by atoms with E-state index in [9.17, 15) is 14.4 Å². The van der Waals surface area contributed by atoms with Gasteiger partial charge < -0.3 is 9.47 Å². The number of carbonyl (C=O) groups is 2. The van der Waals surface area contributed by atoms with Gasteiger partial charge in [0.25, 0.3) is 0 Å². The normalized spacial score (nSPS) is 7.67. The summed E-state index contributed by atoms with van der Waals surface area (Å²) >= 11 is 0. The number of nitrogens with zero attached hydrogens (tertiary/aromatic N) is 1. The second-order valence-electron chi connectivity index (χ2n) is 2.97. The Bertz CT molecular complexity index is 346. The second kappa shape index (κ2) is 19.6. The third-order valence-corrected chi connectivity index (χ3v) is 1.67. The summed E-state index contributed by atoms with van der Waals surface area (Å²) in [5.41, 5.74) is 0. The number of isocyanates is 1. The third kappa shape index (κ3) is 17.3. The molecule has 116 valence electrons. The van der Waals surface area contributed by atoms with Gasteiger partial charge in [0.15, 0.2) is 0 Å². The molecule has 0 radical (unpaired) electrons. The number of esters is 2. The Morgan fingerprint density at radius 3 is 1.67 bits per heavy atom. The van der Waals surface area contributed by atoms with E-state index in [0.29, 0.717) is 0 Å². The second-order valence-corrected chi connectivity index (χ2v) is 2.97. The van der Waals surface area contributed by atoms with Crippen molar-refractivity contribution in [1.29, 1.82) is 0 Å². The van der Waals surface area contributed by atoms with Crippen molar-refractivity contribution < 1.29 is 23.9 Å². The van der Waals surface area contributed by atoms with Gasteiger partial charge in [-0.2, -0.15) is 0 Å². The number of hydrogen-bond acceptors (Lipinski definition) is 6. The first-order valence-corrected chi connectivity index (χ1v) is 5.76. The molecule has 0 aromatic heterocycles. The Balaban J connectivity index is -0.000000739. The van der Waals surface area contributed by atoms with Crippen LogP contribution in [0, 0.1) is 5.92 Å². The molecule has 0 bridgehead atoms. The molecule has 6 nitrogen and oxygen atoms in total. The molecule has 6 heteroatoms. The molecule has 0 fully saturated rings. The first-order chi connectivity index (χ1) is 10.1. The van der Waals surface area contributed by atoms with Crippen molar-refractivity contribution in [2.75, 3.05) is 19.8 Å². The number of carbonyl (C=O) groups excluding carboxylic acids is 3. The predicted octanol–water partition coefficient (Wildman–Crippen LogP) is 2.00. The highest BCUT2D eigenvalue weighted by molar-refractivity contribution is 5.81. The van der Waals surface area contributed by atoms with Crippen molar-refractivity contribution in [3.05, 3.63) is 51.6 Å². The third-order valence-electron chi connectivity index (χ3n) is 1.67. The van der Waals surface area contributed by atoms with Gasteiger partial charge >= 0.3 is 11.9 Å². The van der Waals surface area contributed by atoms with Crippen molar-refractivity contribution in [2.24, 2.45) is 10.9 Å². The lowest BCUT2D eigenvalue weighted by molar-refractivity contribution is -0.142. The van der Waals surface area contributed by atoms with Crippen molar-refractivity contribution in [3.8, 4) is 0 Å². The lowest BCUT2D eigenvalue weighted by Gasteiger charge is -2.13. The van der Waals surface area contributed by atoms with E-state index in [1.807, 2.05) is 0 Å². The zero-order valence-corrected chi connectivity index (χ0v) is 12.1. The maximum absolute atomic E-state index is 10.8. The Morgan fingerprint density at radius 1 is 1.00 bits per heavy atom. The van der Waals surface area contributed by atoms with Crippen LogP contribution >= 0.6 is 0 Å². The van der Waals surface area contributed by atoms with Crippen LogP contribution in [0.15, 0.2) is 56.6 Å². The highest BCUT2D eigenvalue weighted by Gasteiger charge is 2.12. The van der Waals surface area contributed by atoms with Gasteiger partial charge in [0.2, 0.25) is 6.08 Å². The molecule has 0 aliphatic rings. The van der Waals surface area contributed by atoms with E-state index < -0.39 is 17.9 Å². The molecule has 0 heterocycles. The minimum Gasteiger partial charge on any atom is -0.462 e. The lowest BCUT2D eigenvalue weighted by Crippen LogP contribution is -2.22. The van der Waals surface area contributed by atoms with E-state index in [2.05, 4.69) is 44.5 Å². The molecular formula is C15H21NO5. The highest BCUT2D eigenvalue weighted by atomic mass is 16.5. The fraction of sp³-hybridized carbons (Fsp3) is 0.267. The van der Waals surface area contributed by atoms with Gasteiger partial charge in [0, 0.05) is 18.1 Å². The summed E-state index contributed by atoms with van der Waals surface area (Å²) in [5.74, 6) is -1.59. The molecule has 0 amide bonds. The highest BCUT2D eigenvalue weighted by Crippen LogP contribution is 2.01. The van der Waals surface area contributed by atoms with Crippen molar-refractivity contribution in [2.45, 2.75) is 0 Å². The number of ether oxygens (including phenoxy) is 2. The molecule has 21 heavy (non-hydrogen) atoms. The smallest absolute Gasteiger partial charge is 0.330 e. The van der Waals surface area contributed by atoms with Gasteiger partial charge in [-0.3, -0.25) is 0 Å². The minimum atomic E-state index is -0.597. The Morgan fingerprint density at radius 2 is 1.38 bits per heavy atom. The summed E-state index contributed by atoms with van der Waals surface area (Å²) in [7, 11) is 0. The molecule has 0 unspecified atom stereocenters. The largest absolute Gasteiger partial charge is 0.462 e. The monoisotopic (exact) mass is 295 g/mol. The van der Waals surface area contributed by atoms with Crippen LogP contribution in [0.1, 0.15) is 0 Å². The quantitative estimate of drug-likeness (QED) is 0.225. The molecule has 0 aromatic rings. The van der Waals surface area contributed by atoms with Crippen LogP contribution in [0.2, 0.25) is 0 Å². The Kier molecular flexibility index (Phi) is 21.8. The van der Waals surface area contributed by atoms with Gasteiger partial charge in [-0.15, -0.1) is 26.3 Å². The average molecular weight is 295 g/mol. The van der Waals surface area contributed by atoms with E-state index in [0.717, 1.165) is 12.2 Å². The van der Waals surface area contributed by atoms with Crippen molar-refractivity contribution >= 4 is 18.0 Å². The summed E-state index contributed by atoms with van der Waals surface area (Å²) in [5, 5.41) is 0. The average Bonchev–Trinajstić information content (AvgIpc) is 2.56. The van der Waals surface area contributed by atoms with Crippen molar-refractivity contribution in [3.63, 3.8) is 0 Å². The van der Waals surface area contributed by atoms with Crippen LogP contribution in [0.5, 0.6) is 0 Å². The number of aliphatic imine (C=N–C) groups is 1. The van der Waals surface area contributed by atoms with Crippen LogP contribution in [0.25, 0.3) is 0 Å². The van der Waals surface area contributed by atoms with E-state index in [4.69, 9.17) is 9.47 Å². The van der Waals surface area contributed by atoms with E-state index >= 15 is 0 Å². The zero-order chi connectivity index (χ0) is 17.1. The summed E-state index contributed by atoms with van der Waals surface area (Å²) in [6.45, 7) is 18.5. The summed E-state index contributed by atoms with van der Waals surface area (Å²) in [6.07, 6.45) is 3.37. The molecule has 0 aromatic carbocycles. The maximum Gasteiger partial charge on any atom is 0.330 e. The Hall–Kier alpha value is -2.72. The molecule has 0 atom stereocenters. The molecule has 0 rings (SSSR count). The van der Waals surface area contributed by atoms with E-state index in [-0.39, 0.29) is 19.8 Å². The molecular weight excluding hydrogens is 274 g/mol. The zero-order valence-electron chi connectivity index (χ0n) is 12.1. The maximum atomic E-state index is 10.8. The van der Waals surface area contributed by atoms with Gasteiger partial charge in [-0.1, -0.05) is 13.2 Å². The fourth-order valence-electron chi connectivity index (χ4n) is 0.838. The summed E-state index contributed by atoms with van der Waals surface area (Å²) < 4.78 is 9.50. The van der Waals surface area contributed by atoms with Crippen molar-refractivity contribution in [1.82, 2.24) is 0 Å². The number of rotatable bonds is 8. The van der Waals surface area contributed by atoms with E-state index in [1.54, 1.807) is 0 Å². The predicted molar refractivity (Wildman–Crippen MR) is 81.3 cm³/mol. The van der Waals surface area contributed by atoms with Gasteiger partial charge in [-0.25, -0.2) is 19.4 Å². The van der Waals surface area contributed by atoms with Crippen LogP contribution in [-0.4, -0.2) is 37.8 Å². The standard InChI is InChI=1S/C11H13NO5.2C2H4/c1-3-10(14)16-6-9(5-12-8-13)7-17-11(15)4-2;2*1-2/h3-4,9H,1-2,5-7H2;2*1-2H2. The lowest BCUT2D eigenvalue weighted by atomic mass is 10.2. The molecule has 0 saturated carbocycles. The van der Waals surface area contributed by atoms with Crippen LogP contribution in [0.3, 0.4) is 0 Å². The summed E-state index contributed by atoms with van der Waals surface area (Å²) in [6, 6.07) is 0. The number of hydrogen-bond donors (Lipinski definition) is 0. The fourth-order valence-corrected chi connectivity index (χ4v) is 0.838. The first-order valence-electron chi connectivity index (χ1n) is 5.76. The molecule has 0 spiro atoms. The van der Waals surface area contributed by atoms with Gasteiger partial charge in [-0.05, 0) is 0 Å². The van der Waals surface area contributed by atoms with Crippen LogP contribution in [-0.2, 0) is 23.9 Å². The minimum absolute atomic E-state index is 0.0273. The van der Waals surface area contributed by atoms with Gasteiger partial charge in [0.05, 0.1) is 19.8 Å². The topological polar surface area (TPSA) is 82.0 Å². The van der Waals surface area contributed by atoms with Gasteiger partial charge in [0.1, 0.15) is 0 Å². The summed E-state index contributed by atoms with van der Waals surface area (Å²) in [4.78, 5) is 34.9. The molecule has 0 N–H and O–H groups in total. The SMILES string of the molecule is C=C.C=C.C=CC(=O)OCC(CN=C=O)COC(=O)C=C. The molecule has 0 saturated heterocycles. The van der Waals surface area contributed by atoms with E-state index in [1.165, 1.54) is 6.08 Å². The Labute approximate surface area is 125 Å².